The van der Waals surface area contributed by atoms with Gasteiger partial charge in [-0.2, -0.15) is 0 Å². The summed E-state index contributed by atoms with van der Waals surface area (Å²) in [6.07, 6.45) is 3.23. The fourth-order valence-electron chi connectivity index (χ4n) is 2.21. The van der Waals surface area contributed by atoms with E-state index < -0.39 is 11.9 Å². The van der Waals surface area contributed by atoms with Crippen molar-refractivity contribution in [2.75, 3.05) is 13.1 Å². The molecule has 1 fully saturated rings. The van der Waals surface area contributed by atoms with Crippen LogP contribution in [0.25, 0.3) is 0 Å². The molecule has 0 radical (unpaired) electrons. The summed E-state index contributed by atoms with van der Waals surface area (Å²) in [5.74, 6) is -1.31. The number of aryl methyl sites for hydroxylation is 1. The molecule has 17 heavy (non-hydrogen) atoms. The Balaban J connectivity index is 2.10. The highest BCUT2D eigenvalue weighted by Gasteiger charge is 2.29. The number of carboxylic acid groups (broad SMARTS) is 1. The maximum atomic E-state index is 12.2. The molecule has 2 heterocycles. The van der Waals surface area contributed by atoms with Crippen molar-refractivity contribution in [3.8, 4) is 0 Å². The lowest BCUT2D eigenvalue weighted by Crippen LogP contribution is -2.42. The summed E-state index contributed by atoms with van der Waals surface area (Å²) in [6.45, 7) is 0.965. The quantitative estimate of drug-likeness (QED) is 0.832. The summed E-state index contributed by atoms with van der Waals surface area (Å²) in [7, 11) is 1.81. The average molecular weight is 236 g/mol. The highest BCUT2D eigenvalue weighted by Crippen LogP contribution is 2.18. The minimum Gasteiger partial charge on any atom is -0.481 e. The topological polar surface area (TPSA) is 62.5 Å². The number of hydrogen-bond donors (Lipinski definition) is 1. The van der Waals surface area contributed by atoms with Crippen LogP contribution in [0.2, 0.25) is 0 Å². The molecule has 1 aromatic rings. The van der Waals surface area contributed by atoms with Crippen LogP contribution in [0.15, 0.2) is 18.3 Å². The Morgan fingerprint density at radius 3 is 2.82 bits per heavy atom. The van der Waals surface area contributed by atoms with Crippen LogP contribution in [0.1, 0.15) is 23.3 Å². The number of likely N-dealkylation sites (tertiary alicyclic amines) is 1. The molecular formula is C12H16N2O3. The summed E-state index contributed by atoms with van der Waals surface area (Å²) in [6, 6.07) is 3.57. The molecule has 0 spiro atoms. The van der Waals surface area contributed by atoms with Gasteiger partial charge in [0.05, 0.1) is 5.92 Å². The van der Waals surface area contributed by atoms with Crippen molar-refractivity contribution in [2.24, 2.45) is 13.0 Å². The van der Waals surface area contributed by atoms with Gasteiger partial charge >= 0.3 is 5.97 Å². The van der Waals surface area contributed by atoms with Crippen molar-refractivity contribution in [2.45, 2.75) is 12.8 Å². The largest absolute Gasteiger partial charge is 0.481 e. The molecule has 2 rings (SSSR count). The maximum Gasteiger partial charge on any atom is 0.308 e. The molecule has 1 N–H and O–H groups in total. The van der Waals surface area contributed by atoms with Crippen molar-refractivity contribution < 1.29 is 14.7 Å². The molecule has 1 saturated heterocycles. The van der Waals surface area contributed by atoms with E-state index >= 15 is 0 Å². The molecular weight excluding hydrogens is 220 g/mol. The van der Waals surface area contributed by atoms with Crippen LogP contribution in [-0.2, 0) is 11.8 Å². The summed E-state index contributed by atoms with van der Waals surface area (Å²) in [4.78, 5) is 24.7. The number of carbonyl (C=O) groups excluding carboxylic acids is 1. The molecule has 1 aliphatic heterocycles. The summed E-state index contributed by atoms with van der Waals surface area (Å²) in [5, 5.41) is 8.98. The SMILES string of the molecule is Cn1cccc1C(=O)N1CCCC(C(=O)O)C1. The van der Waals surface area contributed by atoms with E-state index in [1.165, 1.54) is 0 Å². The average Bonchev–Trinajstić information content (AvgIpc) is 2.74. The first-order chi connectivity index (χ1) is 8.09. The summed E-state index contributed by atoms with van der Waals surface area (Å²) < 4.78 is 1.76. The van der Waals surface area contributed by atoms with E-state index in [9.17, 15) is 9.59 Å². The number of nitrogens with zero attached hydrogens (tertiary/aromatic N) is 2. The Morgan fingerprint density at radius 1 is 1.47 bits per heavy atom. The predicted octanol–water partition coefficient (Wildman–Crippen LogP) is 0.962. The second-order valence-electron chi connectivity index (χ2n) is 4.43. The van der Waals surface area contributed by atoms with Crippen LogP contribution in [0.5, 0.6) is 0 Å². The van der Waals surface area contributed by atoms with Crippen LogP contribution >= 0.6 is 0 Å². The van der Waals surface area contributed by atoms with E-state index in [-0.39, 0.29) is 5.91 Å². The molecule has 5 heteroatoms. The third-order valence-electron chi connectivity index (χ3n) is 3.22. The number of amides is 1. The third-order valence-corrected chi connectivity index (χ3v) is 3.22. The van der Waals surface area contributed by atoms with Gasteiger partial charge in [0.15, 0.2) is 0 Å². The molecule has 0 bridgehead atoms. The smallest absolute Gasteiger partial charge is 0.308 e. The molecule has 1 aromatic heterocycles. The molecule has 1 aliphatic rings. The number of aliphatic carboxylic acids is 1. The normalized spacial score (nSPS) is 20.3. The van der Waals surface area contributed by atoms with Crippen LogP contribution in [0.4, 0.5) is 0 Å². The second-order valence-corrected chi connectivity index (χ2v) is 4.43. The standard InChI is InChI=1S/C12H16N2O3/c1-13-6-3-5-10(13)11(15)14-7-2-4-9(8-14)12(16)17/h3,5-6,9H,2,4,7-8H2,1H3,(H,16,17). The van der Waals surface area contributed by atoms with E-state index in [2.05, 4.69) is 0 Å². The van der Waals surface area contributed by atoms with Gasteiger partial charge in [-0.1, -0.05) is 0 Å². The number of rotatable bonds is 2. The van der Waals surface area contributed by atoms with Crippen LogP contribution in [0.3, 0.4) is 0 Å². The summed E-state index contributed by atoms with van der Waals surface area (Å²) >= 11 is 0. The Labute approximate surface area is 99.6 Å². The summed E-state index contributed by atoms with van der Waals surface area (Å²) in [5.41, 5.74) is 0.607. The van der Waals surface area contributed by atoms with Gasteiger partial charge in [0, 0.05) is 26.3 Å². The van der Waals surface area contributed by atoms with Gasteiger partial charge in [0.1, 0.15) is 5.69 Å². The van der Waals surface area contributed by atoms with Crippen molar-refractivity contribution >= 4 is 11.9 Å². The zero-order valence-corrected chi connectivity index (χ0v) is 9.80. The van der Waals surface area contributed by atoms with Crippen molar-refractivity contribution in [3.05, 3.63) is 24.0 Å². The molecule has 0 saturated carbocycles. The molecule has 1 amide bonds. The van der Waals surface area contributed by atoms with Crippen molar-refractivity contribution in [1.82, 2.24) is 9.47 Å². The minimum atomic E-state index is -0.811. The van der Waals surface area contributed by atoms with Crippen LogP contribution < -0.4 is 0 Å². The zero-order valence-electron chi connectivity index (χ0n) is 9.80. The van der Waals surface area contributed by atoms with Gasteiger partial charge in [-0.3, -0.25) is 9.59 Å². The molecule has 1 unspecified atom stereocenters. The Hall–Kier alpha value is -1.78. The molecule has 0 aliphatic carbocycles. The first-order valence-electron chi connectivity index (χ1n) is 5.73. The van der Waals surface area contributed by atoms with E-state index in [1.807, 2.05) is 19.3 Å². The van der Waals surface area contributed by atoms with Crippen LogP contribution in [-0.4, -0.2) is 39.5 Å². The van der Waals surface area contributed by atoms with Gasteiger partial charge < -0.3 is 14.6 Å². The zero-order chi connectivity index (χ0) is 12.4. The maximum absolute atomic E-state index is 12.2. The molecule has 0 aromatic carbocycles. The van der Waals surface area contributed by atoms with Gasteiger partial charge in [-0.15, -0.1) is 0 Å². The predicted molar refractivity (Wildman–Crippen MR) is 61.7 cm³/mol. The number of aromatic nitrogens is 1. The third kappa shape index (κ3) is 2.33. The van der Waals surface area contributed by atoms with Gasteiger partial charge in [-0.05, 0) is 25.0 Å². The second kappa shape index (κ2) is 4.61. The lowest BCUT2D eigenvalue weighted by Gasteiger charge is -2.30. The minimum absolute atomic E-state index is 0.0801. The van der Waals surface area contributed by atoms with Crippen LogP contribution in [0, 0.1) is 5.92 Å². The number of piperidine rings is 1. The molecule has 1 atom stereocenters. The first-order valence-corrected chi connectivity index (χ1v) is 5.73. The van der Waals surface area contributed by atoms with Crippen molar-refractivity contribution in [3.63, 3.8) is 0 Å². The Morgan fingerprint density at radius 2 is 2.24 bits per heavy atom. The Kier molecular flexibility index (Phi) is 3.17. The number of carbonyl (C=O) groups is 2. The van der Waals surface area contributed by atoms with E-state index in [1.54, 1.807) is 15.5 Å². The molecule has 5 nitrogen and oxygen atoms in total. The van der Waals surface area contributed by atoms with Gasteiger partial charge in [-0.25, -0.2) is 0 Å². The van der Waals surface area contributed by atoms with E-state index in [0.717, 1.165) is 6.42 Å². The van der Waals surface area contributed by atoms with Gasteiger partial charge in [0.2, 0.25) is 0 Å². The first kappa shape index (κ1) is 11.7. The fraction of sp³-hybridized carbons (Fsp3) is 0.500. The lowest BCUT2D eigenvalue weighted by atomic mass is 9.98. The van der Waals surface area contributed by atoms with E-state index in [4.69, 9.17) is 5.11 Å². The Bertz CT molecular complexity index is 439. The van der Waals surface area contributed by atoms with Gasteiger partial charge in [0.25, 0.3) is 5.91 Å². The number of carboxylic acids is 1. The van der Waals surface area contributed by atoms with E-state index in [0.29, 0.717) is 25.2 Å². The lowest BCUT2D eigenvalue weighted by molar-refractivity contribution is -0.143. The monoisotopic (exact) mass is 236 g/mol. The fourth-order valence-corrected chi connectivity index (χ4v) is 2.21. The highest BCUT2D eigenvalue weighted by atomic mass is 16.4. The van der Waals surface area contributed by atoms with Crippen molar-refractivity contribution in [1.29, 1.82) is 0 Å². The molecule has 92 valence electrons. The number of hydrogen-bond acceptors (Lipinski definition) is 2. The highest BCUT2D eigenvalue weighted by molar-refractivity contribution is 5.93.